The van der Waals surface area contributed by atoms with E-state index in [9.17, 15) is 9.59 Å². The predicted molar refractivity (Wildman–Crippen MR) is 96.5 cm³/mol. The van der Waals surface area contributed by atoms with Gasteiger partial charge in [-0.05, 0) is 41.5 Å². The molecule has 2 N–H and O–H groups in total. The van der Waals surface area contributed by atoms with Gasteiger partial charge in [0.1, 0.15) is 0 Å². The first-order valence-corrected chi connectivity index (χ1v) is 8.20. The monoisotopic (exact) mass is 373 g/mol. The number of nitrogens with one attached hydrogen (secondary N) is 2. The molecule has 2 aromatic rings. The van der Waals surface area contributed by atoms with E-state index in [1.165, 1.54) is 6.21 Å². The second-order valence-corrected chi connectivity index (χ2v) is 5.92. The SMILES string of the molecule is O=C(Cc1ccc(Cl)cc1)NCC(=O)N/N=C/c1ccc2c(c1)OCO2. The molecule has 0 atom stereocenters. The first-order valence-electron chi connectivity index (χ1n) is 7.83. The highest BCUT2D eigenvalue weighted by molar-refractivity contribution is 6.30. The third kappa shape index (κ3) is 4.97. The van der Waals surface area contributed by atoms with Crippen molar-refractivity contribution < 1.29 is 19.1 Å². The molecule has 1 aliphatic rings. The van der Waals surface area contributed by atoms with Gasteiger partial charge in [-0.2, -0.15) is 5.10 Å². The average Bonchev–Trinajstić information content (AvgIpc) is 3.10. The lowest BCUT2D eigenvalue weighted by atomic mass is 10.1. The molecule has 26 heavy (non-hydrogen) atoms. The normalized spacial score (nSPS) is 12.2. The van der Waals surface area contributed by atoms with Crippen molar-refractivity contribution >= 4 is 29.6 Å². The highest BCUT2D eigenvalue weighted by Crippen LogP contribution is 2.31. The summed E-state index contributed by atoms with van der Waals surface area (Å²) in [6, 6.07) is 12.3. The van der Waals surface area contributed by atoms with Gasteiger partial charge in [0.05, 0.1) is 19.2 Å². The fourth-order valence-electron chi connectivity index (χ4n) is 2.24. The van der Waals surface area contributed by atoms with Gasteiger partial charge >= 0.3 is 0 Å². The molecule has 0 fully saturated rings. The summed E-state index contributed by atoms with van der Waals surface area (Å²) in [5.41, 5.74) is 3.92. The Kier molecular flexibility index (Phi) is 5.70. The third-order valence-electron chi connectivity index (χ3n) is 3.52. The van der Waals surface area contributed by atoms with E-state index in [0.29, 0.717) is 16.5 Å². The maximum atomic E-state index is 11.8. The van der Waals surface area contributed by atoms with Crippen molar-refractivity contribution in [2.75, 3.05) is 13.3 Å². The Hall–Kier alpha value is -3.06. The first kappa shape index (κ1) is 17.8. The van der Waals surface area contributed by atoms with Gasteiger partial charge in [0.25, 0.3) is 5.91 Å². The van der Waals surface area contributed by atoms with Crippen molar-refractivity contribution in [2.45, 2.75) is 6.42 Å². The number of carbonyl (C=O) groups is 2. The zero-order valence-corrected chi connectivity index (χ0v) is 14.5. The number of hydrogen-bond donors (Lipinski definition) is 2. The van der Waals surface area contributed by atoms with Crippen LogP contribution in [0.2, 0.25) is 5.02 Å². The standard InChI is InChI=1S/C18H16ClN3O4/c19-14-4-1-12(2-5-14)8-17(23)20-10-18(24)22-21-9-13-3-6-15-16(7-13)26-11-25-15/h1-7,9H,8,10-11H2,(H,20,23)(H,22,24)/b21-9+. The summed E-state index contributed by atoms with van der Waals surface area (Å²) in [4.78, 5) is 23.5. The summed E-state index contributed by atoms with van der Waals surface area (Å²) in [7, 11) is 0. The van der Waals surface area contributed by atoms with Gasteiger partial charge < -0.3 is 14.8 Å². The van der Waals surface area contributed by atoms with E-state index in [1.54, 1.807) is 42.5 Å². The molecule has 0 unspecified atom stereocenters. The summed E-state index contributed by atoms with van der Waals surface area (Å²) in [6.45, 7) is 0.0350. The number of carbonyl (C=O) groups excluding carboxylic acids is 2. The zero-order valence-electron chi connectivity index (χ0n) is 13.7. The molecule has 0 saturated heterocycles. The molecule has 134 valence electrons. The van der Waals surface area contributed by atoms with Gasteiger partial charge in [-0.15, -0.1) is 0 Å². The Morgan fingerprint density at radius 3 is 2.65 bits per heavy atom. The number of hydrogen-bond acceptors (Lipinski definition) is 5. The molecule has 3 rings (SSSR count). The molecule has 2 aromatic carbocycles. The fraction of sp³-hybridized carbons (Fsp3) is 0.167. The largest absolute Gasteiger partial charge is 0.454 e. The van der Waals surface area contributed by atoms with Crippen molar-refractivity contribution in [1.29, 1.82) is 0 Å². The molecular weight excluding hydrogens is 358 g/mol. The van der Waals surface area contributed by atoms with E-state index < -0.39 is 5.91 Å². The van der Waals surface area contributed by atoms with Crippen LogP contribution in [0.1, 0.15) is 11.1 Å². The zero-order chi connectivity index (χ0) is 18.4. The van der Waals surface area contributed by atoms with Crippen LogP contribution in [-0.4, -0.2) is 31.4 Å². The maximum Gasteiger partial charge on any atom is 0.259 e. The number of nitrogens with zero attached hydrogens (tertiary/aromatic N) is 1. The van der Waals surface area contributed by atoms with Crippen molar-refractivity contribution in [3.8, 4) is 11.5 Å². The predicted octanol–water partition coefficient (Wildman–Crippen LogP) is 1.88. The lowest BCUT2D eigenvalue weighted by molar-refractivity contribution is -0.125. The number of hydrazone groups is 1. The molecule has 0 aliphatic carbocycles. The summed E-state index contributed by atoms with van der Waals surface area (Å²) in [6.07, 6.45) is 1.65. The lowest BCUT2D eigenvalue weighted by Crippen LogP contribution is -2.35. The van der Waals surface area contributed by atoms with Crippen molar-refractivity contribution in [2.24, 2.45) is 5.10 Å². The van der Waals surface area contributed by atoms with E-state index in [1.807, 2.05) is 0 Å². The molecule has 7 nitrogen and oxygen atoms in total. The van der Waals surface area contributed by atoms with Gasteiger partial charge in [-0.3, -0.25) is 9.59 Å². The molecule has 2 amide bonds. The van der Waals surface area contributed by atoms with E-state index in [-0.39, 0.29) is 25.7 Å². The Balaban J connectivity index is 1.41. The van der Waals surface area contributed by atoms with Gasteiger partial charge in [-0.1, -0.05) is 23.7 Å². The van der Waals surface area contributed by atoms with Crippen LogP contribution in [0.3, 0.4) is 0 Å². The summed E-state index contributed by atoms with van der Waals surface area (Å²) in [5, 5.41) is 6.99. The smallest absolute Gasteiger partial charge is 0.259 e. The summed E-state index contributed by atoms with van der Waals surface area (Å²) >= 11 is 5.79. The molecule has 8 heteroatoms. The molecule has 1 aliphatic heterocycles. The molecule has 0 radical (unpaired) electrons. The van der Waals surface area contributed by atoms with E-state index in [4.69, 9.17) is 21.1 Å². The van der Waals surface area contributed by atoms with Crippen LogP contribution >= 0.6 is 11.6 Å². The second kappa shape index (κ2) is 8.35. The van der Waals surface area contributed by atoms with Crippen LogP contribution < -0.4 is 20.2 Å². The number of rotatable bonds is 6. The summed E-state index contributed by atoms with van der Waals surface area (Å²) < 4.78 is 10.5. The van der Waals surface area contributed by atoms with Crippen molar-refractivity contribution in [1.82, 2.24) is 10.7 Å². The molecule has 1 heterocycles. The van der Waals surface area contributed by atoms with Gasteiger partial charge in [0.15, 0.2) is 11.5 Å². The number of benzene rings is 2. The molecule has 0 saturated carbocycles. The van der Waals surface area contributed by atoms with Gasteiger partial charge in [-0.25, -0.2) is 5.43 Å². The quantitative estimate of drug-likeness (QED) is 0.597. The Morgan fingerprint density at radius 2 is 1.85 bits per heavy atom. The highest BCUT2D eigenvalue weighted by Gasteiger charge is 2.12. The van der Waals surface area contributed by atoms with E-state index in [0.717, 1.165) is 11.1 Å². The Labute approximate surface area is 154 Å². The first-order chi connectivity index (χ1) is 12.6. The van der Waals surface area contributed by atoms with Gasteiger partial charge in [0.2, 0.25) is 12.7 Å². The van der Waals surface area contributed by atoms with Crippen LogP contribution in [0.5, 0.6) is 11.5 Å². The number of amides is 2. The van der Waals surface area contributed by atoms with Crippen molar-refractivity contribution in [3.05, 3.63) is 58.6 Å². The van der Waals surface area contributed by atoms with Crippen LogP contribution in [0.25, 0.3) is 0 Å². The lowest BCUT2D eigenvalue weighted by Gasteiger charge is -2.04. The van der Waals surface area contributed by atoms with Crippen LogP contribution in [0.15, 0.2) is 47.6 Å². The van der Waals surface area contributed by atoms with Gasteiger partial charge in [0, 0.05) is 5.02 Å². The van der Waals surface area contributed by atoms with Crippen LogP contribution in [0.4, 0.5) is 0 Å². The second-order valence-electron chi connectivity index (χ2n) is 5.49. The topological polar surface area (TPSA) is 89.0 Å². The Bertz CT molecular complexity index is 837. The fourth-order valence-corrected chi connectivity index (χ4v) is 2.37. The average molecular weight is 374 g/mol. The van der Waals surface area contributed by atoms with Crippen molar-refractivity contribution in [3.63, 3.8) is 0 Å². The Morgan fingerprint density at radius 1 is 1.08 bits per heavy atom. The molecule has 0 spiro atoms. The highest BCUT2D eigenvalue weighted by atomic mass is 35.5. The number of ether oxygens (including phenoxy) is 2. The van der Waals surface area contributed by atoms with Crippen LogP contribution in [-0.2, 0) is 16.0 Å². The maximum absolute atomic E-state index is 11.8. The number of halogens is 1. The summed E-state index contributed by atoms with van der Waals surface area (Å²) in [5.74, 6) is 0.623. The van der Waals surface area contributed by atoms with E-state index >= 15 is 0 Å². The molecule has 0 bridgehead atoms. The minimum atomic E-state index is -0.425. The minimum absolute atomic E-state index is 0.162. The number of fused-ring (bicyclic) bond motifs is 1. The molecule has 0 aromatic heterocycles. The molecular formula is C18H16ClN3O4. The van der Waals surface area contributed by atoms with E-state index in [2.05, 4.69) is 15.8 Å². The minimum Gasteiger partial charge on any atom is -0.454 e. The third-order valence-corrected chi connectivity index (χ3v) is 3.78. The van der Waals surface area contributed by atoms with Crippen LogP contribution in [0, 0.1) is 0 Å².